The number of hydrogen-bond donors (Lipinski definition) is 2. The largest absolute Gasteiger partial charge is 0.507 e. The van der Waals surface area contributed by atoms with E-state index in [0.717, 1.165) is 22.3 Å². The number of hydrogen-bond acceptors (Lipinski definition) is 5. The van der Waals surface area contributed by atoms with Gasteiger partial charge in [0.05, 0.1) is 20.3 Å². The number of aromatic amines is 1. The average molecular weight is 470 g/mol. The van der Waals surface area contributed by atoms with Crippen LogP contribution in [0.5, 0.6) is 17.2 Å². The van der Waals surface area contributed by atoms with Crippen molar-refractivity contribution in [3.63, 3.8) is 0 Å². The van der Waals surface area contributed by atoms with E-state index in [2.05, 4.69) is 10.2 Å². The van der Waals surface area contributed by atoms with E-state index in [1.807, 2.05) is 66.4 Å². The van der Waals surface area contributed by atoms with E-state index in [9.17, 15) is 9.90 Å². The molecule has 1 atom stereocenters. The van der Waals surface area contributed by atoms with E-state index < -0.39 is 0 Å². The molecule has 2 heterocycles. The molecule has 178 valence electrons. The van der Waals surface area contributed by atoms with Crippen LogP contribution in [0.25, 0.3) is 11.3 Å². The van der Waals surface area contributed by atoms with E-state index >= 15 is 0 Å². The molecule has 5 rings (SSSR count). The average Bonchev–Trinajstić information content (AvgIpc) is 3.42. The van der Waals surface area contributed by atoms with Gasteiger partial charge in [-0.1, -0.05) is 48.0 Å². The molecule has 3 aromatic carbocycles. The number of benzene rings is 3. The number of aryl methyl sites for hydroxylation is 1. The van der Waals surface area contributed by atoms with Crippen molar-refractivity contribution in [2.45, 2.75) is 19.4 Å². The standard InChI is InChI=1S/C28H27N3O4/c1-17-8-11-19(12-9-17)27-24-25(20-6-4-5-7-21(20)32)29-30-26(24)28(33)31(27)15-14-18-10-13-22(34-2)23(16-18)35-3/h4-13,16,27,32H,14-15H2,1-3H3,(H,29,30)/t27-/m0/s1. The molecule has 35 heavy (non-hydrogen) atoms. The van der Waals surface area contributed by atoms with Crippen molar-refractivity contribution in [3.8, 4) is 28.5 Å². The number of amides is 1. The first-order valence-corrected chi connectivity index (χ1v) is 11.5. The molecule has 0 fully saturated rings. The first-order valence-electron chi connectivity index (χ1n) is 11.5. The van der Waals surface area contributed by atoms with Crippen LogP contribution in [0.15, 0.2) is 66.7 Å². The number of H-pyrrole nitrogens is 1. The zero-order valence-corrected chi connectivity index (χ0v) is 19.9. The Morgan fingerprint density at radius 3 is 2.46 bits per heavy atom. The van der Waals surface area contributed by atoms with E-state index in [4.69, 9.17) is 9.47 Å². The van der Waals surface area contributed by atoms with Crippen LogP contribution in [0.4, 0.5) is 0 Å². The Hall–Kier alpha value is -4.26. The Morgan fingerprint density at radius 2 is 1.74 bits per heavy atom. The van der Waals surface area contributed by atoms with Crippen LogP contribution >= 0.6 is 0 Å². The number of methoxy groups -OCH3 is 2. The van der Waals surface area contributed by atoms with E-state index in [1.54, 1.807) is 26.4 Å². The van der Waals surface area contributed by atoms with Crippen molar-refractivity contribution in [3.05, 3.63) is 94.7 Å². The SMILES string of the molecule is COc1ccc(CCN2C(=O)c3[nH]nc(-c4ccccc4O)c3[C@@H]2c2ccc(C)cc2)cc1OC. The van der Waals surface area contributed by atoms with Crippen LogP contribution in [0, 0.1) is 6.92 Å². The van der Waals surface area contributed by atoms with Gasteiger partial charge in [-0.05, 0) is 48.7 Å². The van der Waals surface area contributed by atoms with Crippen LogP contribution in [0.1, 0.15) is 38.8 Å². The maximum Gasteiger partial charge on any atom is 0.273 e. The van der Waals surface area contributed by atoms with Gasteiger partial charge in [0.25, 0.3) is 5.91 Å². The lowest BCUT2D eigenvalue weighted by Gasteiger charge is -2.27. The molecule has 1 amide bonds. The van der Waals surface area contributed by atoms with Gasteiger partial charge in [-0.3, -0.25) is 9.89 Å². The normalized spacial score (nSPS) is 14.8. The van der Waals surface area contributed by atoms with Gasteiger partial charge in [-0.25, -0.2) is 0 Å². The Morgan fingerprint density at radius 1 is 1.00 bits per heavy atom. The Labute approximate surface area is 203 Å². The molecule has 0 radical (unpaired) electrons. The molecular weight excluding hydrogens is 442 g/mol. The third kappa shape index (κ3) is 3.99. The number of para-hydroxylation sites is 1. The quantitative estimate of drug-likeness (QED) is 0.402. The second-order valence-corrected chi connectivity index (χ2v) is 8.63. The van der Waals surface area contributed by atoms with Gasteiger partial charge in [-0.15, -0.1) is 0 Å². The number of carbonyl (C=O) groups excluding carboxylic acids is 1. The van der Waals surface area contributed by atoms with Gasteiger partial charge >= 0.3 is 0 Å². The van der Waals surface area contributed by atoms with Crippen LogP contribution in [0.3, 0.4) is 0 Å². The summed E-state index contributed by atoms with van der Waals surface area (Å²) in [6.45, 7) is 2.53. The summed E-state index contributed by atoms with van der Waals surface area (Å²) < 4.78 is 10.8. The first kappa shape index (κ1) is 22.5. The monoisotopic (exact) mass is 469 g/mol. The highest BCUT2D eigenvalue weighted by Gasteiger charge is 2.42. The van der Waals surface area contributed by atoms with Crippen LogP contribution in [-0.4, -0.2) is 46.9 Å². The Balaban J connectivity index is 1.54. The number of nitrogens with zero attached hydrogens (tertiary/aromatic N) is 2. The minimum absolute atomic E-state index is 0.111. The van der Waals surface area contributed by atoms with Crippen molar-refractivity contribution in [2.24, 2.45) is 0 Å². The number of carbonyl (C=O) groups is 1. The fourth-order valence-corrected chi connectivity index (χ4v) is 4.69. The molecule has 1 aromatic heterocycles. The summed E-state index contributed by atoms with van der Waals surface area (Å²) in [7, 11) is 3.22. The molecule has 1 aliphatic rings. The maximum absolute atomic E-state index is 13.6. The van der Waals surface area contributed by atoms with Gasteiger partial charge in [0.2, 0.25) is 0 Å². The summed E-state index contributed by atoms with van der Waals surface area (Å²) in [5, 5.41) is 17.9. The summed E-state index contributed by atoms with van der Waals surface area (Å²) in [4.78, 5) is 15.4. The summed E-state index contributed by atoms with van der Waals surface area (Å²) in [6, 6.07) is 20.7. The molecule has 1 aliphatic heterocycles. The fraction of sp³-hybridized carbons (Fsp3) is 0.214. The molecule has 0 bridgehead atoms. The highest BCUT2D eigenvalue weighted by molar-refractivity contribution is 6.00. The van der Waals surface area contributed by atoms with Gasteiger partial charge < -0.3 is 19.5 Å². The highest BCUT2D eigenvalue weighted by Crippen LogP contribution is 2.44. The van der Waals surface area contributed by atoms with Crippen LogP contribution < -0.4 is 9.47 Å². The molecular formula is C28H27N3O4. The second-order valence-electron chi connectivity index (χ2n) is 8.63. The molecule has 0 saturated carbocycles. The summed E-state index contributed by atoms with van der Waals surface area (Å²) >= 11 is 0. The smallest absolute Gasteiger partial charge is 0.273 e. The van der Waals surface area contributed by atoms with E-state index in [0.29, 0.717) is 41.4 Å². The number of rotatable bonds is 7. The summed E-state index contributed by atoms with van der Waals surface area (Å²) in [5.74, 6) is 1.34. The van der Waals surface area contributed by atoms with Crippen molar-refractivity contribution in [2.75, 3.05) is 20.8 Å². The topological polar surface area (TPSA) is 87.7 Å². The van der Waals surface area contributed by atoms with E-state index in [1.165, 1.54) is 0 Å². The van der Waals surface area contributed by atoms with Crippen molar-refractivity contribution >= 4 is 5.91 Å². The third-order valence-electron chi connectivity index (χ3n) is 6.51. The van der Waals surface area contributed by atoms with Gasteiger partial charge in [-0.2, -0.15) is 5.10 Å². The Kier molecular flexibility index (Phi) is 5.91. The number of ether oxygens (including phenoxy) is 2. The highest BCUT2D eigenvalue weighted by atomic mass is 16.5. The number of nitrogens with one attached hydrogen (secondary N) is 1. The minimum Gasteiger partial charge on any atom is -0.507 e. The number of aromatic hydroxyl groups is 1. The Bertz CT molecular complexity index is 1380. The summed E-state index contributed by atoms with van der Waals surface area (Å²) in [5.41, 5.74) is 5.60. The van der Waals surface area contributed by atoms with Gasteiger partial charge in [0.15, 0.2) is 11.5 Å². The molecule has 7 nitrogen and oxygen atoms in total. The predicted octanol–water partition coefficient (Wildman–Crippen LogP) is 4.90. The van der Waals surface area contributed by atoms with Crippen molar-refractivity contribution in [1.82, 2.24) is 15.1 Å². The van der Waals surface area contributed by atoms with Gasteiger partial charge in [0, 0.05) is 17.7 Å². The zero-order chi connectivity index (χ0) is 24.5. The first-order chi connectivity index (χ1) is 17.0. The predicted molar refractivity (Wildman–Crippen MR) is 133 cm³/mol. The van der Waals surface area contributed by atoms with Gasteiger partial charge in [0.1, 0.15) is 17.1 Å². The zero-order valence-electron chi connectivity index (χ0n) is 19.9. The number of phenols is 1. The molecule has 0 saturated heterocycles. The van der Waals surface area contributed by atoms with Crippen molar-refractivity contribution in [1.29, 1.82) is 0 Å². The molecule has 0 aliphatic carbocycles. The maximum atomic E-state index is 13.6. The minimum atomic E-state index is -0.327. The number of aromatic nitrogens is 2. The fourth-order valence-electron chi connectivity index (χ4n) is 4.69. The van der Waals surface area contributed by atoms with Crippen molar-refractivity contribution < 1.29 is 19.4 Å². The number of phenolic OH excluding ortho intramolecular Hbond substituents is 1. The molecule has 4 aromatic rings. The second kappa shape index (κ2) is 9.18. The lowest BCUT2D eigenvalue weighted by molar-refractivity contribution is 0.0746. The number of fused-ring (bicyclic) bond motifs is 1. The molecule has 7 heteroatoms. The third-order valence-corrected chi connectivity index (χ3v) is 6.51. The van der Waals surface area contributed by atoms with Crippen LogP contribution in [-0.2, 0) is 6.42 Å². The lowest BCUT2D eigenvalue weighted by Crippen LogP contribution is -2.31. The lowest BCUT2D eigenvalue weighted by atomic mass is 9.95. The molecule has 0 spiro atoms. The molecule has 2 N–H and O–H groups in total. The van der Waals surface area contributed by atoms with E-state index in [-0.39, 0.29) is 17.7 Å². The van der Waals surface area contributed by atoms with Crippen LogP contribution in [0.2, 0.25) is 0 Å². The molecule has 0 unspecified atom stereocenters. The summed E-state index contributed by atoms with van der Waals surface area (Å²) in [6.07, 6.45) is 0.637.